The number of hydrogen-bond donors (Lipinski definition) is 2. The van der Waals surface area contributed by atoms with Crippen LogP contribution in [0.1, 0.15) is 27.9 Å². The smallest absolute Gasteiger partial charge is 0.268 e. The minimum atomic E-state index is -0.465. The molecule has 0 radical (unpaired) electrons. The molecule has 2 N–H and O–H groups in total. The molecular formula is C24H19FN4O. The fourth-order valence-corrected chi connectivity index (χ4v) is 3.81. The monoisotopic (exact) mass is 398 g/mol. The summed E-state index contributed by atoms with van der Waals surface area (Å²) in [6.45, 7) is 0. The number of benzene rings is 3. The summed E-state index contributed by atoms with van der Waals surface area (Å²) < 4.78 is 16.0. The number of H-pyrrole nitrogens is 1. The van der Waals surface area contributed by atoms with Crippen LogP contribution in [0, 0.1) is 5.82 Å². The molecule has 6 heteroatoms. The van der Waals surface area contributed by atoms with Crippen molar-refractivity contribution >= 4 is 27.8 Å². The molecular weight excluding hydrogens is 379 g/mol. The molecule has 0 aliphatic rings. The molecule has 5 aromatic rings. The van der Waals surface area contributed by atoms with E-state index >= 15 is 0 Å². The second-order valence-corrected chi connectivity index (χ2v) is 7.22. The molecule has 0 bridgehead atoms. The molecule has 0 spiro atoms. The Kier molecular flexibility index (Phi) is 4.32. The number of hydrogen-bond acceptors (Lipinski definition) is 2. The molecule has 30 heavy (non-hydrogen) atoms. The Bertz CT molecular complexity index is 1370. The van der Waals surface area contributed by atoms with Crippen LogP contribution >= 0.6 is 0 Å². The first-order valence-electron chi connectivity index (χ1n) is 9.66. The minimum Gasteiger partial charge on any atom is -0.350 e. The van der Waals surface area contributed by atoms with Crippen molar-refractivity contribution in [1.29, 1.82) is 0 Å². The lowest BCUT2D eigenvalue weighted by molar-refractivity contribution is 0.0937. The van der Waals surface area contributed by atoms with Gasteiger partial charge in [0.25, 0.3) is 5.91 Å². The van der Waals surface area contributed by atoms with Gasteiger partial charge in [-0.2, -0.15) is 0 Å². The van der Waals surface area contributed by atoms with Crippen molar-refractivity contribution in [2.45, 2.75) is 6.04 Å². The number of para-hydroxylation sites is 2. The number of aromatic amines is 1. The normalized spacial score (nSPS) is 12.3. The van der Waals surface area contributed by atoms with E-state index in [2.05, 4.69) is 10.3 Å². The van der Waals surface area contributed by atoms with Crippen LogP contribution in [0.2, 0.25) is 0 Å². The number of aromatic nitrogens is 3. The van der Waals surface area contributed by atoms with Crippen molar-refractivity contribution < 1.29 is 9.18 Å². The molecule has 0 saturated carbocycles. The highest BCUT2D eigenvalue weighted by Gasteiger charge is 2.24. The predicted octanol–water partition coefficient (Wildman–Crippen LogP) is 4.71. The number of fused-ring (bicyclic) bond motifs is 2. The number of imidazole rings is 1. The number of carbonyl (C=O) groups excluding carboxylic acids is 1. The highest BCUT2D eigenvalue weighted by Crippen LogP contribution is 2.26. The van der Waals surface area contributed by atoms with Crippen LogP contribution in [-0.2, 0) is 7.05 Å². The van der Waals surface area contributed by atoms with E-state index in [1.807, 2.05) is 66.2 Å². The zero-order valence-corrected chi connectivity index (χ0v) is 16.3. The van der Waals surface area contributed by atoms with Crippen molar-refractivity contribution in [1.82, 2.24) is 19.9 Å². The Balaban J connectivity index is 1.57. The Hall–Kier alpha value is -3.93. The molecule has 3 aromatic carbocycles. The third kappa shape index (κ3) is 3.03. The number of nitrogens with one attached hydrogen (secondary N) is 2. The third-order valence-corrected chi connectivity index (χ3v) is 5.34. The summed E-state index contributed by atoms with van der Waals surface area (Å²) in [6, 6.07) is 23.3. The standard InChI is InChI=1S/C24H19FN4O/c1-29-21-13-6-5-11-19(21)27-23(29)22(15-8-3-2-4-9-15)28-24(30)20-14-16-17(25)10-7-12-18(16)26-20/h2-14,22,26H,1H3,(H,28,30). The molecule has 0 aliphatic heterocycles. The number of halogens is 1. The topological polar surface area (TPSA) is 62.7 Å². The molecule has 1 amide bonds. The summed E-state index contributed by atoms with van der Waals surface area (Å²) in [5.74, 6) is 0.0299. The molecule has 0 fully saturated rings. The van der Waals surface area contributed by atoms with Crippen LogP contribution in [0.5, 0.6) is 0 Å². The maximum atomic E-state index is 14.1. The minimum absolute atomic E-state index is 0.301. The summed E-state index contributed by atoms with van der Waals surface area (Å²) in [7, 11) is 1.94. The zero-order chi connectivity index (χ0) is 20.7. The Morgan fingerprint density at radius 1 is 1.03 bits per heavy atom. The number of nitrogens with zero attached hydrogens (tertiary/aromatic N) is 2. The lowest BCUT2D eigenvalue weighted by Gasteiger charge is -2.19. The fraction of sp³-hybridized carbons (Fsp3) is 0.0833. The summed E-state index contributed by atoms with van der Waals surface area (Å²) in [6.07, 6.45) is 0. The van der Waals surface area contributed by atoms with Crippen LogP contribution in [0.15, 0.2) is 78.9 Å². The van der Waals surface area contributed by atoms with Gasteiger partial charge in [0, 0.05) is 18.0 Å². The molecule has 2 heterocycles. The first kappa shape index (κ1) is 18.1. The number of carbonyl (C=O) groups is 1. The molecule has 0 aliphatic carbocycles. The first-order chi connectivity index (χ1) is 14.6. The number of amides is 1. The average Bonchev–Trinajstić information content (AvgIpc) is 3.35. The van der Waals surface area contributed by atoms with Crippen LogP contribution < -0.4 is 5.32 Å². The zero-order valence-electron chi connectivity index (χ0n) is 16.3. The molecule has 5 nitrogen and oxygen atoms in total. The number of rotatable bonds is 4. The SMILES string of the molecule is Cn1c(C(NC(=O)c2cc3c(F)cccc3[nH]2)c2ccccc2)nc2ccccc21. The van der Waals surface area contributed by atoms with E-state index < -0.39 is 6.04 Å². The van der Waals surface area contributed by atoms with Crippen LogP contribution in [-0.4, -0.2) is 20.4 Å². The lowest BCUT2D eigenvalue weighted by Crippen LogP contribution is -2.31. The highest BCUT2D eigenvalue weighted by molar-refractivity contribution is 5.98. The molecule has 148 valence electrons. The largest absolute Gasteiger partial charge is 0.350 e. The van der Waals surface area contributed by atoms with Crippen molar-refractivity contribution in [3.63, 3.8) is 0 Å². The van der Waals surface area contributed by atoms with E-state index in [9.17, 15) is 9.18 Å². The van der Waals surface area contributed by atoms with Gasteiger partial charge in [0.1, 0.15) is 23.4 Å². The van der Waals surface area contributed by atoms with E-state index in [1.54, 1.807) is 12.1 Å². The van der Waals surface area contributed by atoms with Crippen molar-refractivity contribution in [3.8, 4) is 0 Å². The Morgan fingerprint density at radius 3 is 2.57 bits per heavy atom. The van der Waals surface area contributed by atoms with E-state index in [0.717, 1.165) is 22.4 Å². The van der Waals surface area contributed by atoms with Gasteiger partial charge in [0.05, 0.1) is 11.0 Å². The van der Waals surface area contributed by atoms with E-state index in [4.69, 9.17) is 4.98 Å². The maximum Gasteiger partial charge on any atom is 0.268 e. The Labute approximate surface area is 172 Å². The third-order valence-electron chi connectivity index (χ3n) is 5.34. The van der Waals surface area contributed by atoms with Crippen molar-refractivity contribution in [2.75, 3.05) is 0 Å². The van der Waals surface area contributed by atoms with Gasteiger partial charge in [-0.05, 0) is 35.9 Å². The van der Waals surface area contributed by atoms with Gasteiger partial charge in [-0.25, -0.2) is 9.37 Å². The van der Waals surface area contributed by atoms with Crippen LogP contribution in [0.25, 0.3) is 21.9 Å². The van der Waals surface area contributed by atoms with Gasteiger partial charge in [0.2, 0.25) is 0 Å². The molecule has 5 rings (SSSR count). The maximum absolute atomic E-state index is 14.1. The highest BCUT2D eigenvalue weighted by atomic mass is 19.1. The first-order valence-corrected chi connectivity index (χ1v) is 9.66. The second-order valence-electron chi connectivity index (χ2n) is 7.22. The van der Waals surface area contributed by atoms with Gasteiger partial charge in [0.15, 0.2) is 0 Å². The van der Waals surface area contributed by atoms with Gasteiger partial charge < -0.3 is 14.9 Å². The second kappa shape index (κ2) is 7.15. The molecule has 1 atom stereocenters. The molecule has 1 unspecified atom stereocenters. The average molecular weight is 398 g/mol. The quantitative estimate of drug-likeness (QED) is 0.460. The Morgan fingerprint density at radius 2 is 1.80 bits per heavy atom. The summed E-state index contributed by atoms with van der Waals surface area (Å²) in [5, 5.41) is 3.46. The van der Waals surface area contributed by atoms with Gasteiger partial charge in [-0.1, -0.05) is 48.5 Å². The van der Waals surface area contributed by atoms with Gasteiger partial charge in [-0.15, -0.1) is 0 Å². The van der Waals surface area contributed by atoms with Gasteiger partial charge in [-0.3, -0.25) is 4.79 Å². The van der Waals surface area contributed by atoms with Crippen molar-refractivity contribution in [2.24, 2.45) is 7.05 Å². The van der Waals surface area contributed by atoms with E-state index in [-0.39, 0.29) is 11.7 Å². The predicted molar refractivity (Wildman–Crippen MR) is 115 cm³/mol. The van der Waals surface area contributed by atoms with E-state index in [1.165, 1.54) is 12.1 Å². The van der Waals surface area contributed by atoms with E-state index in [0.29, 0.717) is 16.6 Å². The fourth-order valence-electron chi connectivity index (χ4n) is 3.81. The van der Waals surface area contributed by atoms with Crippen LogP contribution in [0.3, 0.4) is 0 Å². The summed E-state index contributed by atoms with van der Waals surface area (Å²) in [5.41, 5.74) is 3.63. The lowest BCUT2D eigenvalue weighted by atomic mass is 10.1. The van der Waals surface area contributed by atoms with Crippen LogP contribution in [0.4, 0.5) is 4.39 Å². The number of aryl methyl sites for hydroxylation is 1. The summed E-state index contributed by atoms with van der Waals surface area (Å²) in [4.78, 5) is 20.9. The van der Waals surface area contributed by atoms with Crippen molar-refractivity contribution in [3.05, 3.63) is 102 Å². The van der Waals surface area contributed by atoms with Gasteiger partial charge >= 0.3 is 0 Å². The molecule has 2 aromatic heterocycles. The molecule has 0 saturated heterocycles. The summed E-state index contributed by atoms with van der Waals surface area (Å²) >= 11 is 0.